The van der Waals surface area contributed by atoms with Crippen LogP contribution in [0.3, 0.4) is 0 Å². The normalized spacial score (nSPS) is 20.2. The van der Waals surface area contributed by atoms with E-state index in [4.69, 9.17) is 14.3 Å². The Morgan fingerprint density at radius 1 is 1.09 bits per heavy atom. The number of oxazole rings is 1. The fourth-order valence-electron chi connectivity index (χ4n) is 4.11. The number of alkyl halides is 3. The molecule has 4 amide bonds. The van der Waals surface area contributed by atoms with Gasteiger partial charge in [-0.1, -0.05) is 44.2 Å². The lowest BCUT2D eigenvalue weighted by Gasteiger charge is -2.27. The van der Waals surface area contributed by atoms with Crippen LogP contribution < -0.4 is 21.3 Å². The highest BCUT2D eigenvalue weighted by Gasteiger charge is 2.35. The number of nitrogens with one attached hydrogen (secondary N) is 4. The third kappa shape index (κ3) is 12.5. The molecule has 1 aliphatic rings. The maximum absolute atomic E-state index is 13.4. The number of carbonyl (C=O) groups excluding carboxylic acids is 4. The zero-order chi connectivity index (χ0) is 32.2. The van der Waals surface area contributed by atoms with Crippen molar-refractivity contribution in [2.75, 3.05) is 6.54 Å². The van der Waals surface area contributed by atoms with E-state index < -0.39 is 66.2 Å². The molecule has 43 heavy (non-hydrogen) atoms. The van der Waals surface area contributed by atoms with Crippen LogP contribution in [0.25, 0.3) is 0 Å². The largest absolute Gasteiger partial charge is 0.481 e. The van der Waals surface area contributed by atoms with E-state index in [1.807, 2.05) is 30.3 Å². The van der Waals surface area contributed by atoms with Gasteiger partial charge in [-0.25, -0.2) is 4.98 Å². The van der Waals surface area contributed by atoms with Crippen LogP contribution in [0, 0.1) is 5.92 Å². The molecule has 3 atom stereocenters. The average Bonchev–Trinajstić information content (AvgIpc) is 3.39. The molecule has 1 aliphatic heterocycles. The van der Waals surface area contributed by atoms with Gasteiger partial charge in [-0.05, 0) is 30.7 Å². The molecule has 3 rings (SSSR count). The van der Waals surface area contributed by atoms with E-state index in [-0.39, 0.29) is 31.0 Å². The van der Waals surface area contributed by atoms with Crippen molar-refractivity contribution in [3.05, 3.63) is 53.7 Å². The summed E-state index contributed by atoms with van der Waals surface area (Å²) in [6, 6.07) is 6.00. The minimum Gasteiger partial charge on any atom is -0.481 e. The van der Waals surface area contributed by atoms with Crippen LogP contribution in [0.15, 0.2) is 41.0 Å². The van der Waals surface area contributed by atoms with Gasteiger partial charge in [-0.2, -0.15) is 13.2 Å². The number of rotatable bonds is 5. The number of carboxylic acids is 1. The fourth-order valence-corrected chi connectivity index (χ4v) is 4.11. The first-order valence-electron chi connectivity index (χ1n) is 13.6. The number of benzene rings is 1. The molecule has 0 aliphatic carbocycles. The number of carboxylic acid groups (broad SMARTS) is 1. The van der Waals surface area contributed by atoms with E-state index in [0.29, 0.717) is 12.8 Å². The van der Waals surface area contributed by atoms with Gasteiger partial charge in [-0.3, -0.25) is 24.0 Å². The second-order valence-corrected chi connectivity index (χ2v) is 10.2. The molecule has 0 unspecified atom stereocenters. The van der Waals surface area contributed by atoms with E-state index in [1.165, 1.54) is 6.26 Å². The monoisotopic (exact) mass is 611 g/mol. The molecule has 0 fully saturated rings. The molecule has 2 aromatic rings. The Kier molecular flexibility index (Phi) is 13.2. The zero-order valence-electron chi connectivity index (χ0n) is 24.0. The van der Waals surface area contributed by atoms with Crippen LogP contribution >= 0.6 is 0 Å². The van der Waals surface area contributed by atoms with Crippen molar-refractivity contribution < 1.29 is 46.7 Å². The van der Waals surface area contributed by atoms with Crippen molar-refractivity contribution in [2.24, 2.45) is 5.92 Å². The summed E-state index contributed by atoms with van der Waals surface area (Å²) in [6.07, 6.45) is -4.34. The van der Waals surface area contributed by atoms with Gasteiger partial charge in [0.2, 0.25) is 23.6 Å². The lowest BCUT2D eigenvalue weighted by atomic mass is 10.00. The second kappa shape index (κ2) is 16.3. The van der Waals surface area contributed by atoms with Gasteiger partial charge in [0, 0.05) is 19.9 Å². The first kappa shape index (κ1) is 34.8. The van der Waals surface area contributed by atoms with E-state index in [0.717, 1.165) is 12.5 Å². The highest BCUT2D eigenvalue weighted by molar-refractivity contribution is 5.93. The third-order valence-corrected chi connectivity index (χ3v) is 6.12. The van der Waals surface area contributed by atoms with E-state index >= 15 is 0 Å². The predicted molar refractivity (Wildman–Crippen MR) is 146 cm³/mol. The lowest BCUT2D eigenvalue weighted by Crippen LogP contribution is -2.56. The molecule has 0 spiro atoms. The highest BCUT2D eigenvalue weighted by Crippen LogP contribution is 2.21. The number of amides is 4. The highest BCUT2D eigenvalue weighted by atomic mass is 19.4. The van der Waals surface area contributed by atoms with Crippen LogP contribution in [0.5, 0.6) is 0 Å². The Balaban J connectivity index is 0.00000151. The Bertz CT molecular complexity index is 1250. The minimum absolute atomic E-state index is 0.00246. The second-order valence-electron chi connectivity index (χ2n) is 10.2. The lowest BCUT2D eigenvalue weighted by molar-refractivity contribution is -0.155. The summed E-state index contributed by atoms with van der Waals surface area (Å²) in [5, 5.41) is 17.6. The van der Waals surface area contributed by atoms with E-state index in [1.54, 1.807) is 13.8 Å². The first-order valence-corrected chi connectivity index (χ1v) is 13.6. The molecule has 0 saturated heterocycles. The summed E-state index contributed by atoms with van der Waals surface area (Å²) < 4.78 is 43.7. The number of aromatic nitrogens is 1. The van der Waals surface area contributed by atoms with Gasteiger partial charge in [0.1, 0.15) is 30.8 Å². The summed E-state index contributed by atoms with van der Waals surface area (Å²) in [4.78, 5) is 64.3. The van der Waals surface area contributed by atoms with Crippen LogP contribution in [0.2, 0.25) is 0 Å². The summed E-state index contributed by atoms with van der Waals surface area (Å²) in [5.41, 5.74) is 0.870. The molecule has 2 heterocycles. The standard InChI is InChI=1S/C26H32F3N5O5.C2H4O2/c1-15(2)21-24(38)32-18(12-16-8-4-3-5-9-16)25-33-19(14-39-25)22(36)30-11-7-6-10-17(23(37)34-21)31-20(35)13-26(27,28)29;1-2(3)4/h3-5,8-9,14-15,17-18,21H,6-7,10-13H2,1-2H3,(H,30,36)(H,31,35)(H,32,38)(H,34,37);1H3,(H,3,4)/t17-,18+,21-;/m0./s1. The van der Waals surface area contributed by atoms with Gasteiger partial charge in [0.15, 0.2) is 5.69 Å². The SMILES string of the molecule is CC(=O)O.CC(C)[C@@H]1NC(=O)[C@@H](NC(=O)CC(F)(F)F)CCCCNC(=O)c2coc(n2)[C@@H](Cc2ccccc2)NC1=O. The number of carbonyl (C=O) groups is 5. The van der Waals surface area contributed by atoms with Crippen LogP contribution in [-0.2, 0) is 25.6 Å². The van der Waals surface area contributed by atoms with Gasteiger partial charge < -0.3 is 30.8 Å². The molecular weight excluding hydrogens is 575 g/mol. The van der Waals surface area contributed by atoms with Gasteiger partial charge in [0.25, 0.3) is 11.9 Å². The van der Waals surface area contributed by atoms with Crippen LogP contribution in [0.1, 0.15) is 74.4 Å². The first-order chi connectivity index (χ1) is 20.2. The minimum atomic E-state index is -4.74. The number of aliphatic carboxylic acids is 1. The molecule has 5 N–H and O–H groups in total. The summed E-state index contributed by atoms with van der Waals surface area (Å²) in [7, 11) is 0. The molecule has 15 heteroatoms. The molecule has 12 nitrogen and oxygen atoms in total. The molecule has 1 aromatic heterocycles. The Morgan fingerprint density at radius 3 is 2.35 bits per heavy atom. The Morgan fingerprint density at radius 2 is 1.74 bits per heavy atom. The van der Waals surface area contributed by atoms with Crippen molar-refractivity contribution in [1.82, 2.24) is 26.3 Å². The van der Waals surface area contributed by atoms with Gasteiger partial charge >= 0.3 is 6.18 Å². The molecule has 0 saturated carbocycles. The molecule has 236 valence electrons. The Labute approximate surface area is 246 Å². The molecular formula is C28H36F3N5O7. The van der Waals surface area contributed by atoms with E-state index in [2.05, 4.69) is 26.3 Å². The van der Waals surface area contributed by atoms with Crippen molar-refractivity contribution >= 4 is 29.6 Å². The van der Waals surface area contributed by atoms with Crippen molar-refractivity contribution in [2.45, 2.75) is 77.2 Å². The van der Waals surface area contributed by atoms with Crippen LogP contribution in [0.4, 0.5) is 13.2 Å². The topological polar surface area (TPSA) is 180 Å². The molecule has 1 aromatic carbocycles. The Hall–Kier alpha value is -4.43. The zero-order valence-corrected chi connectivity index (χ0v) is 24.0. The van der Waals surface area contributed by atoms with Gasteiger partial charge in [-0.15, -0.1) is 0 Å². The predicted octanol–water partition coefficient (Wildman–Crippen LogP) is 2.66. The third-order valence-electron chi connectivity index (χ3n) is 6.12. The molecule has 0 radical (unpaired) electrons. The summed E-state index contributed by atoms with van der Waals surface area (Å²) in [5.74, 6) is -4.38. The number of halogens is 3. The number of fused-ring (bicyclic) bond motifs is 2. The van der Waals surface area contributed by atoms with E-state index in [9.17, 15) is 32.3 Å². The number of hydrogen-bond acceptors (Lipinski definition) is 7. The summed E-state index contributed by atoms with van der Waals surface area (Å²) >= 11 is 0. The quantitative estimate of drug-likeness (QED) is 0.342. The van der Waals surface area contributed by atoms with Crippen molar-refractivity contribution in [3.8, 4) is 0 Å². The smallest absolute Gasteiger partial charge is 0.397 e. The van der Waals surface area contributed by atoms with Crippen LogP contribution in [-0.4, -0.2) is 64.5 Å². The molecule has 2 bridgehead atoms. The summed E-state index contributed by atoms with van der Waals surface area (Å²) in [6.45, 7) is 4.67. The number of nitrogens with zero attached hydrogens (tertiary/aromatic N) is 1. The maximum Gasteiger partial charge on any atom is 0.397 e. The van der Waals surface area contributed by atoms with Gasteiger partial charge in [0.05, 0.1) is 0 Å². The average molecular weight is 612 g/mol. The fraction of sp³-hybridized carbons (Fsp3) is 0.500. The number of hydrogen-bond donors (Lipinski definition) is 5. The van der Waals surface area contributed by atoms with Crippen molar-refractivity contribution in [1.29, 1.82) is 0 Å². The van der Waals surface area contributed by atoms with Crippen molar-refractivity contribution in [3.63, 3.8) is 0 Å². The maximum atomic E-state index is 13.4.